The summed E-state index contributed by atoms with van der Waals surface area (Å²) < 4.78 is 45.9. The van der Waals surface area contributed by atoms with E-state index in [1.807, 2.05) is 10.7 Å². The molecule has 1 fully saturated rings. The summed E-state index contributed by atoms with van der Waals surface area (Å²) in [5, 5.41) is 7.91. The lowest BCUT2D eigenvalue weighted by Gasteiger charge is -2.33. The third-order valence-corrected chi connectivity index (χ3v) is 6.76. The van der Waals surface area contributed by atoms with Crippen molar-refractivity contribution in [3.63, 3.8) is 0 Å². The van der Waals surface area contributed by atoms with Crippen LogP contribution in [0.3, 0.4) is 0 Å². The van der Waals surface area contributed by atoms with Gasteiger partial charge in [-0.05, 0) is 43.2 Å². The smallest absolute Gasteiger partial charge is 0.383 e. The monoisotopic (exact) mass is 553 g/mol. The van der Waals surface area contributed by atoms with E-state index in [1.54, 1.807) is 35.4 Å². The van der Waals surface area contributed by atoms with Gasteiger partial charge in [0.2, 0.25) is 5.91 Å². The second-order valence-corrected chi connectivity index (χ2v) is 9.41. The molecule has 208 valence electrons. The standard InChI is InChI=1S/C27H26F3N7O3/c1-40-15-22(38)36-12-2-3-19(14-36)37-20-9-11-33-25(31)23(20)24(35-37)16-4-6-17(7-5-16)26(39)34-21-13-18(8-10-32-21)27(28,29)30/h4-11,13,19H,2-3,12,14-15H2,1H3,(H2,31,33)(H,32,34,39)/t19-/m1/s1. The lowest BCUT2D eigenvalue weighted by atomic mass is 10.0. The van der Waals surface area contributed by atoms with Gasteiger partial charge < -0.3 is 20.7 Å². The summed E-state index contributed by atoms with van der Waals surface area (Å²) >= 11 is 0. The quantitative estimate of drug-likeness (QED) is 0.367. The van der Waals surface area contributed by atoms with Crippen molar-refractivity contribution >= 4 is 34.4 Å². The molecule has 2 amide bonds. The number of carbonyl (C=O) groups is 2. The van der Waals surface area contributed by atoms with Crippen LogP contribution in [0, 0.1) is 0 Å². The van der Waals surface area contributed by atoms with E-state index in [9.17, 15) is 22.8 Å². The maximum atomic E-state index is 13.0. The van der Waals surface area contributed by atoms with E-state index in [0.717, 1.165) is 36.7 Å². The molecule has 3 N–H and O–H groups in total. The summed E-state index contributed by atoms with van der Waals surface area (Å²) in [6.07, 6.45) is -0.339. The molecule has 4 aromatic rings. The van der Waals surface area contributed by atoms with Crippen LogP contribution in [-0.2, 0) is 15.7 Å². The Bertz CT molecular complexity index is 1550. The molecule has 1 aliphatic rings. The number of nitrogen functional groups attached to an aromatic ring is 1. The molecular weight excluding hydrogens is 527 g/mol. The highest BCUT2D eigenvalue weighted by Crippen LogP contribution is 2.35. The third kappa shape index (κ3) is 5.45. The number of likely N-dealkylation sites (tertiary alicyclic amines) is 1. The Morgan fingerprint density at radius 1 is 1.12 bits per heavy atom. The van der Waals surface area contributed by atoms with Crippen LogP contribution >= 0.6 is 0 Å². The molecule has 0 aliphatic carbocycles. The molecule has 10 nitrogen and oxygen atoms in total. The van der Waals surface area contributed by atoms with Crippen LogP contribution in [0.1, 0.15) is 34.8 Å². The molecule has 13 heteroatoms. The second-order valence-electron chi connectivity index (χ2n) is 9.41. The van der Waals surface area contributed by atoms with Gasteiger partial charge in [0.15, 0.2) is 0 Å². The fourth-order valence-corrected chi connectivity index (χ4v) is 4.83. The minimum Gasteiger partial charge on any atom is -0.383 e. The number of halogens is 3. The Kier molecular flexibility index (Phi) is 7.39. The minimum atomic E-state index is -4.55. The average Bonchev–Trinajstić information content (AvgIpc) is 3.34. The Hall–Kier alpha value is -4.52. The molecule has 1 aliphatic heterocycles. The van der Waals surface area contributed by atoms with Crippen molar-refractivity contribution < 1.29 is 27.5 Å². The highest BCUT2D eigenvalue weighted by atomic mass is 19.4. The van der Waals surface area contributed by atoms with E-state index in [1.165, 1.54) is 7.11 Å². The van der Waals surface area contributed by atoms with E-state index < -0.39 is 17.6 Å². The largest absolute Gasteiger partial charge is 0.416 e. The molecule has 0 spiro atoms. The fraction of sp³-hybridized carbons (Fsp3) is 0.296. The third-order valence-electron chi connectivity index (χ3n) is 6.76. The Labute approximate surface area is 227 Å². The van der Waals surface area contributed by atoms with Crippen molar-refractivity contribution in [2.75, 3.05) is 37.9 Å². The van der Waals surface area contributed by atoms with E-state index in [0.29, 0.717) is 35.6 Å². The van der Waals surface area contributed by atoms with Crippen LogP contribution in [0.15, 0.2) is 54.9 Å². The van der Waals surface area contributed by atoms with E-state index >= 15 is 0 Å². The predicted molar refractivity (Wildman–Crippen MR) is 141 cm³/mol. The molecule has 1 saturated heterocycles. The van der Waals surface area contributed by atoms with Gasteiger partial charge in [-0.15, -0.1) is 0 Å². The van der Waals surface area contributed by atoms with Gasteiger partial charge in [-0.2, -0.15) is 18.3 Å². The van der Waals surface area contributed by atoms with Crippen LogP contribution in [-0.4, -0.2) is 63.3 Å². The van der Waals surface area contributed by atoms with E-state index in [4.69, 9.17) is 15.6 Å². The highest BCUT2D eigenvalue weighted by Gasteiger charge is 2.31. The van der Waals surface area contributed by atoms with Crippen LogP contribution in [0.2, 0.25) is 0 Å². The molecule has 5 rings (SSSR count). The van der Waals surface area contributed by atoms with Gasteiger partial charge in [0, 0.05) is 43.7 Å². The molecule has 0 bridgehead atoms. The molecule has 1 aromatic carbocycles. The number of ether oxygens (including phenoxy) is 1. The first-order chi connectivity index (χ1) is 19.2. The summed E-state index contributed by atoms with van der Waals surface area (Å²) in [4.78, 5) is 34.9. The van der Waals surface area contributed by atoms with Crippen LogP contribution < -0.4 is 11.1 Å². The predicted octanol–water partition coefficient (Wildman–Crippen LogP) is 4.16. The molecule has 40 heavy (non-hydrogen) atoms. The lowest BCUT2D eigenvalue weighted by Crippen LogP contribution is -2.42. The maximum absolute atomic E-state index is 13.0. The second kappa shape index (κ2) is 10.9. The average molecular weight is 554 g/mol. The molecular formula is C27H26F3N7O3. The first kappa shape index (κ1) is 27.1. The number of benzene rings is 1. The van der Waals surface area contributed by atoms with Crippen molar-refractivity contribution in [2.24, 2.45) is 0 Å². The van der Waals surface area contributed by atoms with Gasteiger partial charge in [0.05, 0.1) is 22.5 Å². The SMILES string of the molecule is COCC(=O)N1CCC[C@@H](n2nc(-c3ccc(C(=O)Nc4cc(C(F)(F)F)ccn4)cc3)c3c(N)nccc32)C1. The molecule has 3 aromatic heterocycles. The zero-order valence-corrected chi connectivity index (χ0v) is 21.5. The van der Waals surface area contributed by atoms with Crippen molar-refractivity contribution in [2.45, 2.75) is 25.1 Å². The first-order valence-electron chi connectivity index (χ1n) is 12.5. The number of nitrogens with two attached hydrogens (primary N) is 1. The Morgan fingerprint density at radius 2 is 1.88 bits per heavy atom. The summed E-state index contributed by atoms with van der Waals surface area (Å²) in [6.45, 7) is 1.13. The number of nitrogens with zero attached hydrogens (tertiary/aromatic N) is 5. The Balaban J connectivity index is 1.42. The van der Waals surface area contributed by atoms with Gasteiger partial charge in [0.1, 0.15) is 23.9 Å². The number of pyridine rings is 2. The summed E-state index contributed by atoms with van der Waals surface area (Å²) in [5.41, 5.74) is 7.57. The molecule has 0 unspecified atom stereocenters. The summed E-state index contributed by atoms with van der Waals surface area (Å²) in [7, 11) is 1.49. The summed E-state index contributed by atoms with van der Waals surface area (Å²) in [5.74, 6) is -0.616. The van der Waals surface area contributed by atoms with Gasteiger partial charge in [-0.1, -0.05) is 12.1 Å². The van der Waals surface area contributed by atoms with Crippen molar-refractivity contribution in [3.05, 3.63) is 66.0 Å². The Morgan fingerprint density at radius 3 is 2.60 bits per heavy atom. The van der Waals surface area contributed by atoms with Gasteiger partial charge in [-0.3, -0.25) is 14.3 Å². The molecule has 0 radical (unpaired) electrons. The van der Waals surface area contributed by atoms with Crippen LogP contribution in [0.25, 0.3) is 22.2 Å². The number of nitrogens with one attached hydrogen (secondary N) is 1. The number of aromatic nitrogens is 4. The van der Waals surface area contributed by atoms with Gasteiger partial charge >= 0.3 is 6.18 Å². The summed E-state index contributed by atoms with van der Waals surface area (Å²) in [6, 6.07) is 9.79. The molecule has 1 atom stereocenters. The van der Waals surface area contributed by atoms with Crippen LogP contribution in [0.4, 0.5) is 24.8 Å². The van der Waals surface area contributed by atoms with Crippen molar-refractivity contribution in [1.29, 1.82) is 0 Å². The van der Waals surface area contributed by atoms with Gasteiger partial charge in [-0.25, -0.2) is 9.97 Å². The zero-order valence-electron chi connectivity index (χ0n) is 21.5. The highest BCUT2D eigenvalue weighted by molar-refractivity contribution is 6.05. The number of alkyl halides is 3. The van der Waals surface area contributed by atoms with Crippen molar-refractivity contribution in [1.82, 2.24) is 24.6 Å². The number of amides is 2. The lowest BCUT2D eigenvalue weighted by molar-refractivity contribution is -0.138. The zero-order chi connectivity index (χ0) is 28.4. The van der Waals surface area contributed by atoms with Crippen molar-refractivity contribution in [3.8, 4) is 11.3 Å². The number of anilines is 2. The number of carbonyl (C=O) groups excluding carboxylic acids is 2. The number of piperidine rings is 1. The number of rotatable bonds is 6. The van der Waals surface area contributed by atoms with Crippen LogP contribution in [0.5, 0.6) is 0 Å². The number of methoxy groups -OCH3 is 1. The number of hydrogen-bond donors (Lipinski definition) is 2. The maximum Gasteiger partial charge on any atom is 0.416 e. The normalized spacial score (nSPS) is 15.8. The fourth-order valence-electron chi connectivity index (χ4n) is 4.83. The van der Waals surface area contributed by atoms with E-state index in [-0.39, 0.29) is 29.9 Å². The first-order valence-corrected chi connectivity index (χ1v) is 12.5. The number of fused-ring (bicyclic) bond motifs is 1. The van der Waals surface area contributed by atoms with Gasteiger partial charge in [0.25, 0.3) is 5.91 Å². The number of hydrogen-bond acceptors (Lipinski definition) is 7. The van der Waals surface area contributed by atoms with E-state index in [2.05, 4.69) is 15.3 Å². The topological polar surface area (TPSA) is 128 Å². The minimum absolute atomic E-state index is 0.0123. The molecule has 0 saturated carbocycles. The molecule has 4 heterocycles.